The molecule has 152 valence electrons. The maximum atomic E-state index is 13.0. The van der Waals surface area contributed by atoms with Crippen molar-refractivity contribution in [3.63, 3.8) is 0 Å². The molecule has 1 fully saturated rings. The van der Waals surface area contributed by atoms with Crippen molar-refractivity contribution >= 4 is 26.3 Å². The van der Waals surface area contributed by atoms with Crippen molar-refractivity contribution in [1.82, 2.24) is 4.98 Å². The molecule has 0 amide bonds. The molecule has 0 unspecified atom stereocenters. The summed E-state index contributed by atoms with van der Waals surface area (Å²) in [4.78, 5) is 7.52. The van der Waals surface area contributed by atoms with Crippen molar-refractivity contribution in [2.75, 3.05) is 18.0 Å². The molecular weight excluding hydrogens is 400 g/mol. The average Bonchev–Trinajstić information content (AvgIpc) is 3.20. The molecule has 0 saturated carbocycles. The van der Waals surface area contributed by atoms with Gasteiger partial charge in [0.05, 0.1) is 15.8 Å². The number of rotatable bonds is 4. The lowest BCUT2D eigenvalue weighted by molar-refractivity contribution is 0.529. The third kappa shape index (κ3) is 3.96. The van der Waals surface area contributed by atoms with Gasteiger partial charge >= 0.3 is 0 Å². The van der Waals surface area contributed by atoms with Gasteiger partial charge in [-0.2, -0.15) is 0 Å². The van der Waals surface area contributed by atoms with Crippen LogP contribution in [0.2, 0.25) is 0 Å². The van der Waals surface area contributed by atoms with E-state index in [1.165, 1.54) is 16.7 Å². The summed E-state index contributed by atoms with van der Waals surface area (Å²) in [7, 11) is -3.28. The molecule has 2 heterocycles. The van der Waals surface area contributed by atoms with E-state index < -0.39 is 9.84 Å². The van der Waals surface area contributed by atoms with Gasteiger partial charge in [0.1, 0.15) is 0 Å². The smallest absolute Gasteiger partial charge is 0.185 e. The Labute approximate surface area is 177 Å². The van der Waals surface area contributed by atoms with Crippen LogP contribution in [-0.2, 0) is 9.84 Å². The largest absolute Gasteiger partial charge is 0.348 e. The predicted octanol–water partition coefficient (Wildman–Crippen LogP) is 5.18. The summed E-state index contributed by atoms with van der Waals surface area (Å²) in [5, 5.41) is 2.76. The fraction of sp³-hybridized carbons (Fsp3) is 0.348. The molecule has 0 radical (unpaired) electrons. The monoisotopic (exact) mass is 426 g/mol. The topological polar surface area (TPSA) is 50.3 Å². The number of hydrogen-bond acceptors (Lipinski definition) is 5. The van der Waals surface area contributed by atoms with Crippen molar-refractivity contribution in [3.05, 3.63) is 64.5 Å². The van der Waals surface area contributed by atoms with Crippen LogP contribution in [0.3, 0.4) is 0 Å². The minimum atomic E-state index is -3.28. The predicted molar refractivity (Wildman–Crippen MR) is 121 cm³/mol. The van der Waals surface area contributed by atoms with Crippen LogP contribution >= 0.6 is 11.3 Å². The Kier molecular flexibility index (Phi) is 5.49. The molecule has 4 nitrogen and oxygen atoms in total. The maximum Gasteiger partial charge on any atom is 0.185 e. The van der Waals surface area contributed by atoms with Crippen LogP contribution in [0.1, 0.15) is 29.5 Å². The number of anilines is 1. The van der Waals surface area contributed by atoms with Crippen molar-refractivity contribution in [2.24, 2.45) is 0 Å². The third-order valence-corrected chi connectivity index (χ3v) is 9.05. The molecule has 0 aliphatic carbocycles. The van der Waals surface area contributed by atoms with Gasteiger partial charge in [-0.3, -0.25) is 0 Å². The number of sulfone groups is 1. The number of benzene rings is 2. The molecule has 6 heteroatoms. The van der Waals surface area contributed by atoms with E-state index in [4.69, 9.17) is 4.98 Å². The summed E-state index contributed by atoms with van der Waals surface area (Å²) >= 11 is 1.64. The van der Waals surface area contributed by atoms with Crippen LogP contribution in [0.4, 0.5) is 5.13 Å². The summed E-state index contributed by atoms with van der Waals surface area (Å²) in [5.41, 5.74) is 5.76. The second-order valence-electron chi connectivity index (χ2n) is 7.81. The summed E-state index contributed by atoms with van der Waals surface area (Å²) < 4.78 is 25.9. The first-order chi connectivity index (χ1) is 13.9. The summed E-state index contributed by atoms with van der Waals surface area (Å²) in [6.07, 6.45) is 1.27. The van der Waals surface area contributed by atoms with Gasteiger partial charge in [-0.15, -0.1) is 11.3 Å². The molecule has 1 saturated heterocycles. The lowest BCUT2D eigenvalue weighted by atomic mass is 10.0. The molecule has 0 bridgehead atoms. The number of aryl methyl sites for hydroxylation is 2. The summed E-state index contributed by atoms with van der Waals surface area (Å²) in [6.45, 7) is 7.65. The molecule has 29 heavy (non-hydrogen) atoms. The average molecular weight is 427 g/mol. The molecule has 0 atom stereocenters. The zero-order valence-corrected chi connectivity index (χ0v) is 18.7. The second-order valence-corrected chi connectivity index (χ2v) is 10.9. The van der Waals surface area contributed by atoms with E-state index in [9.17, 15) is 8.42 Å². The second kappa shape index (κ2) is 7.92. The summed E-state index contributed by atoms with van der Waals surface area (Å²) in [6, 6.07) is 13.5. The van der Waals surface area contributed by atoms with Crippen LogP contribution in [0.5, 0.6) is 0 Å². The van der Waals surface area contributed by atoms with Crippen molar-refractivity contribution < 1.29 is 8.42 Å². The fourth-order valence-electron chi connectivity index (χ4n) is 3.84. The normalized spacial score (nSPS) is 15.6. The van der Waals surface area contributed by atoms with Crippen LogP contribution in [0, 0.1) is 20.8 Å². The van der Waals surface area contributed by atoms with Gasteiger partial charge in [-0.25, -0.2) is 13.4 Å². The molecule has 1 aromatic heterocycles. The molecule has 0 spiro atoms. The number of hydrogen-bond donors (Lipinski definition) is 0. The van der Waals surface area contributed by atoms with E-state index in [0.717, 1.165) is 29.5 Å². The van der Waals surface area contributed by atoms with E-state index >= 15 is 0 Å². The SMILES string of the molecule is Cc1ccc(S(=O)(=O)C2CCN(c3nc(-c4cccc(C)c4C)cs3)CC2)cc1. The summed E-state index contributed by atoms with van der Waals surface area (Å²) in [5.74, 6) is 0. The highest BCUT2D eigenvalue weighted by molar-refractivity contribution is 7.92. The highest BCUT2D eigenvalue weighted by Gasteiger charge is 2.32. The van der Waals surface area contributed by atoms with Gasteiger partial charge in [0, 0.05) is 24.0 Å². The fourth-order valence-corrected chi connectivity index (χ4v) is 6.45. The Morgan fingerprint density at radius 1 is 1.00 bits per heavy atom. The first-order valence-electron chi connectivity index (χ1n) is 9.94. The molecular formula is C23H26N2O2S2. The molecule has 0 N–H and O–H groups in total. The highest BCUT2D eigenvalue weighted by atomic mass is 32.2. The van der Waals surface area contributed by atoms with E-state index in [1.807, 2.05) is 19.1 Å². The first kappa shape index (κ1) is 20.1. The lowest BCUT2D eigenvalue weighted by Crippen LogP contribution is -2.39. The first-order valence-corrected chi connectivity index (χ1v) is 12.4. The van der Waals surface area contributed by atoms with Crippen LogP contribution in [-0.4, -0.2) is 31.7 Å². The number of nitrogens with zero attached hydrogens (tertiary/aromatic N) is 2. The van der Waals surface area contributed by atoms with E-state index in [0.29, 0.717) is 17.7 Å². The maximum absolute atomic E-state index is 13.0. The zero-order valence-electron chi connectivity index (χ0n) is 17.1. The van der Waals surface area contributed by atoms with E-state index in [2.05, 4.69) is 42.3 Å². The number of piperidine rings is 1. The van der Waals surface area contributed by atoms with Gasteiger partial charge in [-0.05, 0) is 56.9 Å². The van der Waals surface area contributed by atoms with Gasteiger partial charge in [0.2, 0.25) is 0 Å². The Balaban J connectivity index is 1.47. The van der Waals surface area contributed by atoms with Crippen molar-refractivity contribution in [3.8, 4) is 11.3 Å². The van der Waals surface area contributed by atoms with Gasteiger partial charge < -0.3 is 4.90 Å². The van der Waals surface area contributed by atoms with E-state index in [-0.39, 0.29) is 5.25 Å². The Bertz CT molecular complexity index is 1110. The van der Waals surface area contributed by atoms with Crippen LogP contribution < -0.4 is 4.90 Å². The molecule has 3 aromatic rings. The van der Waals surface area contributed by atoms with E-state index in [1.54, 1.807) is 23.5 Å². The van der Waals surface area contributed by atoms with Gasteiger partial charge in [-0.1, -0.05) is 35.9 Å². The third-order valence-electron chi connectivity index (χ3n) is 5.87. The molecule has 2 aromatic carbocycles. The quantitative estimate of drug-likeness (QED) is 0.577. The Morgan fingerprint density at radius 2 is 1.69 bits per heavy atom. The van der Waals surface area contributed by atoms with Crippen LogP contribution in [0.15, 0.2) is 52.7 Å². The standard InChI is InChI=1S/C23H26N2O2S2/c1-16-7-9-19(10-8-16)29(26,27)20-11-13-25(14-12-20)23-24-22(15-28-23)21-6-4-5-17(2)18(21)3/h4-10,15,20H,11-14H2,1-3H3. The number of thiazole rings is 1. The zero-order chi connectivity index (χ0) is 20.6. The Morgan fingerprint density at radius 3 is 2.38 bits per heavy atom. The molecule has 1 aliphatic rings. The molecule has 4 rings (SSSR count). The highest BCUT2D eigenvalue weighted by Crippen LogP contribution is 2.33. The minimum absolute atomic E-state index is 0.320. The van der Waals surface area contributed by atoms with Crippen molar-refractivity contribution in [1.29, 1.82) is 0 Å². The van der Waals surface area contributed by atoms with Crippen molar-refractivity contribution in [2.45, 2.75) is 43.8 Å². The lowest BCUT2D eigenvalue weighted by Gasteiger charge is -2.31. The minimum Gasteiger partial charge on any atom is -0.348 e. The van der Waals surface area contributed by atoms with Crippen LogP contribution in [0.25, 0.3) is 11.3 Å². The van der Waals surface area contributed by atoms with Gasteiger partial charge in [0.25, 0.3) is 0 Å². The van der Waals surface area contributed by atoms with Gasteiger partial charge in [0.15, 0.2) is 15.0 Å². The number of aromatic nitrogens is 1. The molecule has 1 aliphatic heterocycles. The Hall–Kier alpha value is -2.18.